The summed E-state index contributed by atoms with van der Waals surface area (Å²) >= 11 is 0. The summed E-state index contributed by atoms with van der Waals surface area (Å²) in [5.74, 6) is 0. The second-order valence-electron chi connectivity index (χ2n) is 16.6. The van der Waals surface area contributed by atoms with Crippen molar-refractivity contribution < 1.29 is 0 Å². The zero-order chi connectivity index (χ0) is 42.1. The Morgan fingerprint density at radius 1 is 0.250 bits per heavy atom. The van der Waals surface area contributed by atoms with E-state index in [-0.39, 0.29) is 0 Å². The quantitative estimate of drug-likeness (QED) is 0.168. The van der Waals surface area contributed by atoms with Crippen LogP contribution in [0, 0.1) is 0 Å². The van der Waals surface area contributed by atoms with E-state index in [0.29, 0.717) is 0 Å². The molecule has 13 aromatic rings. The SMILES string of the molecule is c1ccc(-c2nc3ccccc3nc2-c2ccc(-n3c4ccc(-c5ccc6ccccc6c5)cc4c4cc(-c5ccc6c(c5)c5ccccc5n6-c5ccccc5)ccc43)cc2)cc1. The Bertz CT molecular complexity index is 3940. The van der Waals surface area contributed by atoms with Crippen LogP contribution in [0.25, 0.3) is 122 Å². The summed E-state index contributed by atoms with van der Waals surface area (Å²) in [4.78, 5) is 10.3. The fourth-order valence-electron chi connectivity index (χ4n) is 9.80. The van der Waals surface area contributed by atoms with Crippen LogP contribution in [-0.4, -0.2) is 19.1 Å². The Morgan fingerprint density at radius 2 is 0.656 bits per heavy atom. The molecule has 4 nitrogen and oxygen atoms in total. The fraction of sp³-hybridized carbons (Fsp3) is 0. The van der Waals surface area contributed by atoms with Crippen LogP contribution < -0.4 is 0 Å². The molecule has 0 aliphatic carbocycles. The highest BCUT2D eigenvalue weighted by Gasteiger charge is 2.19. The molecule has 3 heterocycles. The van der Waals surface area contributed by atoms with Gasteiger partial charge in [0.15, 0.2) is 0 Å². The summed E-state index contributed by atoms with van der Waals surface area (Å²) in [5.41, 5.74) is 17.3. The number of rotatable bonds is 6. The maximum Gasteiger partial charge on any atom is 0.0973 e. The number of fused-ring (bicyclic) bond motifs is 8. The van der Waals surface area contributed by atoms with Crippen molar-refractivity contribution in [2.75, 3.05) is 0 Å². The van der Waals surface area contributed by atoms with Gasteiger partial charge in [-0.05, 0) is 118 Å². The molecule has 0 atom stereocenters. The predicted molar refractivity (Wildman–Crippen MR) is 267 cm³/mol. The molecule has 0 spiro atoms. The van der Waals surface area contributed by atoms with Crippen LogP contribution in [0.15, 0.2) is 231 Å². The van der Waals surface area contributed by atoms with Crippen molar-refractivity contribution in [1.82, 2.24) is 19.1 Å². The Labute approximate surface area is 369 Å². The van der Waals surface area contributed by atoms with Gasteiger partial charge in [-0.15, -0.1) is 0 Å². The lowest BCUT2D eigenvalue weighted by molar-refractivity contribution is 1.18. The predicted octanol–water partition coefficient (Wildman–Crippen LogP) is 15.6. The van der Waals surface area contributed by atoms with Gasteiger partial charge in [-0.1, -0.05) is 146 Å². The summed E-state index contributed by atoms with van der Waals surface area (Å²) in [7, 11) is 0. The minimum absolute atomic E-state index is 0.868. The lowest BCUT2D eigenvalue weighted by Crippen LogP contribution is -1.97. The first-order chi connectivity index (χ1) is 31.7. The van der Waals surface area contributed by atoms with Crippen LogP contribution in [0.3, 0.4) is 0 Å². The molecule has 0 N–H and O–H groups in total. The molecule has 4 heteroatoms. The first-order valence-electron chi connectivity index (χ1n) is 21.8. The molecule has 0 amide bonds. The van der Waals surface area contributed by atoms with Gasteiger partial charge in [0, 0.05) is 44.0 Å². The minimum Gasteiger partial charge on any atom is -0.309 e. The van der Waals surface area contributed by atoms with Gasteiger partial charge < -0.3 is 9.13 Å². The van der Waals surface area contributed by atoms with E-state index in [9.17, 15) is 0 Å². The Morgan fingerprint density at radius 3 is 1.27 bits per heavy atom. The molecule has 0 saturated carbocycles. The third-order valence-corrected chi connectivity index (χ3v) is 12.9. The first-order valence-corrected chi connectivity index (χ1v) is 21.8. The van der Waals surface area contributed by atoms with E-state index in [4.69, 9.17) is 9.97 Å². The molecule has 0 fully saturated rings. The van der Waals surface area contributed by atoms with Gasteiger partial charge in [-0.25, -0.2) is 9.97 Å². The summed E-state index contributed by atoms with van der Waals surface area (Å²) in [6, 6.07) is 82.9. The molecule has 0 radical (unpaired) electrons. The van der Waals surface area contributed by atoms with Gasteiger partial charge in [0.25, 0.3) is 0 Å². The first kappa shape index (κ1) is 36.1. The van der Waals surface area contributed by atoms with E-state index in [2.05, 4.69) is 209 Å². The maximum atomic E-state index is 5.19. The van der Waals surface area contributed by atoms with Crippen molar-refractivity contribution in [2.24, 2.45) is 0 Å². The van der Waals surface area contributed by atoms with Crippen LogP contribution >= 0.6 is 0 Å². The van der Waals surface area contributed by atoms with E-state index in [1.54, 1.807) is 0 Å². The smallest absolute Gasteiger partial charge is 0.0973 e. The lowest BCUT2D eigenvalue weighted by Gasteiger charge is -2.13. The van der Waals surface area contributed by atoms with E-state index in [0.717, 1.165) is 56.0 Å². The maximum absolute atomic E-state index is 5.19. The van der Waals surface area contributed by atoms with E-state index < -0.39 is 0 Å². The van der Waals surface area contributed by atoms with Gasteiger partial charge in [0.05, 0.1) is 44.5 Å². The molecule has 13 rings (SSSR count). The number of para-hydroxylation sites is 4. The molecular formula is C60H38N4. The number of hydrogen-bond acceptors (Lipinski definition) is 2. The summed E-state index contributed by atoms with van der Waals surface area (Å²) < 4.78 is 4.78. The van der Waals surface area contributed by atoms with E-state index in [1.807, 2.05) is 30.3 Å². The van der Waals surface area contributed by atoms with Gasteiger partial charge in [0.2, 0.25) is 0 Å². The van der Waals surface area contributed by atoms with Gasteiger partial charge >= 0.3 is 0 Å². The largest absolute Gasteiger partial charge is 0.309 e. The van der Waals surface area contributed by atoms with Crippen molar-refractivity contribution in [3.8, 4) is 56.1 Å². The zero-order valence-electron chi connectivity index (χ0n) is 34.7. The Balaban J connectivity index is 0.984. The van der Waals surface area contributed by atoms with E-state index in [1.165, 1.54) is 65.6 Å². The van der Waals surface area contributed by atoms with Crippen molar-refractivity contribution in [3.05, 3.63) is 231 Å². The van der Waals surface area contributed by atoms with Gasteiger partial charge in [-0.2, -0.15) is 0 Å². The molecule has 0 aliphatic rings. The molecule has 0 saturated heterocycles. The molecule has 3 aromatic heterocycles. The van der Waals surface area contributed by atoms with Gasteiger partial charge in [-0.3, -0.25) is 0 Å². The molecular weight excluding hydrogens is 777 g/mol. The van der Waals surface area contributed by atoms with Crippen molar-refractivity contribution >= 4 is 65.4 Å². The number of hydrogen-bond donors (Lipinski definition) is 0. The van der Waals surface area contributed by atoms with Crippen LogP contribution in [0.2, 0.25) is 0 Å². The molecule has 298 valence electrons. The Hall–Kier alpha value is -8.60. The fourth-order valence-corrected chi connectivity index (χ4v) is 9.80. The monoisotopic (exact) mass is 814 g/mol. The number of benzene rings is 10. The molecule has 10 aromatic carbocycles. The number of nitrogens with zero attached hydrogens (tertiary/aromatic N) is 4. The van der Waals surface area contributed by atoms with Crippen LogP contribution in [0.5, 0.6) is 0 Å². The average molecular weight is 815 g/mol. The summed E-state index contributed by atoms with van der Waals surface area (Å²) in [6.07, 6.45) is 0. The normalized spacial score (nSPS) is 11.8. The van der Waals surface area contributed by atoms with Crippen LogP contribution in [-0.2, 0) is 0 Å². The number of aromatic nitrogens is 4. The van der Waals surface area contributed by atoms with E-state index >= 15 is 0 Å². The third kappa shape index (κ3) is 5.84. The highest BCUT2D eigenvalue weighted by molar-refractivity contribution is 6.13. The second-order valence-corrected chi connectivity index (χ2v) is 16.6. The zero-order valence-corrected chi connectivity index (χ0v) is 34.7. The highest BCUT2D eigenvalue weighted by Crippen LogP contribution is 2.40. The minimum atomic E-state index is 0.868. The lowest BCUT2D eigenvalue weighted by atomic mass is 9.98. The third-order valence-electron chi connectivity index (χ3n) is 12.9. The second kappa shape index (κ2) is 14.5. The summed E-state index contributed by atoms with van der Waals surface area (Å²) in [6.45, 7) is 0. The van der Waals surface area contributed by atoms with Crippen molar-refractivity contribution in [1.29, 1.82) is 0 Å². The Kier molecular flexibility index (Phi) is 8.18. The van der Waals surface area contributed by atoms with Gasteiger partial charge in [0.1, 0.15) is 0 Å². The average Bonchev–Trinajstić information content (AvgIpc) is 3.88. The molecule has 64 heavy (non-hydrogen) atoms. The highest BCUT2D eigenvalue weighted by atomic mass is 15.0. The standard InChI is InChI=1S/C60H38N4/c1-3-14-40(15-4-1)59-60(62-54-21-11-10-20-53(54)61-59)41-25-30-48(31-26-41)64-57-33-27-44(43-24-23-39-13-7-8-16-42(39)35-43)37-51(57)52-38-46(29-34-58(52)64)45-28-32-56-50(36-45)49-19-9-12-22-55(49)63(56)47-17-5-2-6-18-47/h1-38H. The van der Waals surface area contributed by atoms with Crippen LogP contribution in [0.4, 0.5) is 0 Å². The summed E-state index contributed by atoms with van der Waals surface area (Å²) in [5, 5.41) is 7.38. The molecule has 0 bridgehead atoms. The van der Waals surface area contributed by atoms with Crippen molar-refractivity contribution in [2.45, 2.75) is 0 Å². The molecule has 0 unspecified atom stereocenters. The van der Waals surface area contributed by atoms with Crippen LogP contribution in [0.1, 0.15) is 0 Å². The van der Waals surface area contributed by atoms with Crippen molar-refractivity contribution in [3.63, 3.8) is 0 Å². The topological polar surface area (TPSA) is 35.6 Å². The molecule has 0 aliphatic heterocycles.